The molecule has 2 aromatic rings. The van der Waals surface area contributed by atoms with E-state index in [1.165, 1.54) is 128 Å². The molecule has 0 bridgehead atoms. The minimum Gasteiger partial charge on any atom is -0.0654 e. The highest BCUT2D eigenvalue weighted by Crippen LogP contribution is 2.39. The van der Waals surface area contributed by atoms with Crippen molar-refractivity contribution in [1.82, 2.24) is 0 Å². The Hall–Kier alpha value is -1.56. The highest BCUT2D eigenvalue weighted by molar-refractivity contribution is 5.27. The second kappa shape index (κ2) is 16.5. The first-order valence-electron chi connectivity index (χ1n) is 16.9. The van der Waals surface area contributed by atoms with Crippen LogP contribution in [0.15, 0.2) is 48.5 Å². The van der Waals surface area contributed by atoms with E-state index in [0.29, 0.717) is 0 Å². The molecule has 2 saturated carbocycles. The fourth-order valence-electron chi connectivity index (χ4n) is 7.48. The van der Waals surface area contributed by atoms with Crippen LogP contribution >= 0.6 is 0 Å². The molecule has 2 aliphatic rings. The second-order valence-corrected chi connectivity index (χ2v) is 13.1. The van der Waals surface area contributed by atoms with Gasteiger partial charge in [-0.3, -0.25) is 0 Å². The molecule has 0 radical (unpaired) electrons. The molecule has 210 valence electrons. The average molecular weight is 515 g/mol. The number of hydrogen-bond acceptors (Lipinski definition) is 0. The Morgan fingerprint density at radius 2 is 0.816 bits per heavy atom. The van der Waals surface area contributed by atoms with Crippen molar-refractivity contribution in [2.24, 2.45) is 11.8 Å². The van der Waals surface area contributed by atoms with E-state index < -0.39 is 0 Å². The molecule has 0 aliphatic heterocycles. The van der Waals surface area contributed by atoms with Crippen LogP contribution in [0, 0.1) is 11.8 Å². The van der Waals surface area contributed by atoms with Gasteiger partial charge in [0.2, 0.25) is 0 Å². The third kappa shape index (κ3) is 9.57. The van der Waals surface area contributed by atoms with Crippen LogP contribution < -0.4 is 0 Å². The zero-order chi connectivity index (χ0) is 26.4. The summed E-state index contributed by atoms with van der Waals surface area (Å²) in [4.78, 5) is 0. The van der Waals surface area contributed by atoms with Crippen molar-refractivity contribution < 1.29 is 0 Å². The predicted octanol–water partition coefficient (Wildman–Crippen LogP) is 12.0. The molecule has 0 heteroatoms. The lowest BCUT2D eigenvalue weighted by Crippen LogP contribution is -2.13. The van der Waals surface area contributed by atoms with Crippen molar-refractivity contribution in [2.75, 3.05) is 0 Å². The molecule has 38 heavy (non-hydrogen) atoms. The Morgan fingerprint density at radius 1 is 0.447 bits per heavy atom. The molecule has 0 nitrogen and oxygen atoms in total. The highest BCUT2D eigenvalue weighted by atomic mass is 14.3. The molecule has 2 aliphatic carbocycles. The third-order valence-electron chi connectivity index (χ3n) is 10.2. The van der Waals surface area contributed by atoms with Crippen molar-refractivity contribution >= 4 is 0 Å². The molecule has 0 N–H and O–H groups in total. The largest absolute Gasteiger partial charge is 0.0654 e. The van der Waals surface area contributed by atoms with Gasteiger partial charge in [-0.1, -0.05) is 114 Å². The molecule has 2 fully saturated rings. The van der Waals surface area contributed by atoms with Gasteiger partial charge in [-0.2, -0.15) is 0 Å². The first-order chi connectivity index (χ1) is 18.7. The molecule has 2 aromatic carbocycles. The van der Waals surface area contributed by atoms with Crippen LogP contribution in [0.5, 0.6) is 0 Å². The molecule has 0 saturated heterocycles. The van der Waals surface area contributed by atoms with Gasteiger partial charge in [0, 0.05) is 0 Å². The van der Waals surface area contributed by atoms with E-state index in [0.717, 1.165) is 23.7 Å². The Kier molecular flexibility index (Phi) is 12.8. The van der Waals surface area contributed by atoms with Crippen LogP contribution in [0.25, 0.3) is 0 Å². The van der Waals surface area contributed by atoms with Crippen molar-refractivity contribution in [1.29, 1.82) is 0 Å². The summed E-state index contributed by atoms with van der Waals surface area (Å²) in [5.74, 6) is 3.66. The van der Waals surface area contributed by atoms with E-state index in [-0.39, 0.29) is 0 Å². The number of benzene rings is 2. The summed E-state index contributed by atoms with van der Waals surface area (Å²) in [5, 5.41) is 0. The minimum absolute atomic E-state index is 0.821. The zero-order valence-electron chi connectivity index (χ0n) is 25.1. The molecule has 4 rings (SSSR count). The summed E-state index contributed by atoms with van der Waals surface area (Å²) in [6.45, 7) is 4.65. The molecular formula is C38H58. The fraction of sp³-hybridized carbons (Fsp3) is 0.684. The summed E-state index contributed by atoms with van der Waals surface area (Å²) in [7, 11) is 0. The fourth-order valence-corrected chi connectivity index (χ4v) is 7.48. The van der Waals surface area contributed by atoms with Crippen LogP contribution in [0.3, 0.4) is 0 Å². The van der Waals surface area contributed by atoms with Crippen LogP contribution in [-0.2, 0) is 12.8 Å². The maximum atomic E-state index is 2.45. The monoisotopic (exact) mass is 514 g/mol. The average Bonchev–Trinajstić information content (AvgIpc) is 2.98. The lowest BCUT2D eigenvalue weighted by molar-refractivity contribution is 0.304. The summed E-state index contributed by atoms with van der Waals surface area (Å²) in [6, 6.07) is 19.5. The van der Waals surface area contributed by atoms with E-state index in [9.17, 15) is 0 Å². The van der Waals surface area contributed by atoms with Crippen molar-refractivity contribution in [3.63, 3.8) is 0 Å². The summed E-state index contributed by atoms with van der Waals surface area (Å²) < 4.78 is 0. The molecule has 0 heterocycles. The zero-order valence-corrected chi connectivity index (χ0v) is 25.1. The van der Waals surface area contributed by atoms with Crippen molar-refractivity contribution in [3.05, 3.63) is 70.8 Å². The van der Waals surface area contributed by atoms with E-state index >= 15 is 0 Å². The topological polar surface area (TPSA) is 0 Å². The van der Waals surface area contributed by atoms with Gasteiger partial charge in [-0.05, 0) is 123 Å². The lowest BCUT2D eigenvalue weighted by atomic mass is 9.77. The van der Waals surface area contributed by atoms with Crippen molar-refractivity contribution in [2.45, 2.75) is 154 Å². The van der Waals surface area contributed by atoms with Gasteiger partial charge >= 0.3 is 0 Å². The van der Waals surface area contributed by atoms with Crippen molar-refractivity contribution in [3.8, 4) is 0 Å². The van der Waals surface area contributed by atoms with Gasteiger partial charge in [-0.25, -0.2) is 0 Å². The number of hydrogen-bond donors (Lipinski definition) is 0. The van der Waals surface area contributed by atoms with Gasteiger partial charge in [0.05, 0.1) is 0 Å². The summed E-state index contributed by atoms with van der Waals surface area (Å²) in [5.41, 5.74) is 6.29. The van der Waals surface area contributed by atoms with Gasteiger partial charge in [-0.15, -0.1) is 0 Å². The normalized spacial score (nSPS) is 23.9. The SMILES string of the molecule is CCCCC1CCC(c2ccc(CCCCCCc3ccc(C4CCC(CCCC)CC4)cc3)cc2)CC1. The third-order valence-corrected chi connectivity index (χ3v) is 10.2. The maximum Gasteiger partial charge on any atom is -0.0162 e. The van der Waals surface area contributed by atoms with Gasteiger partial charge in [0.25, 0.3) is 0 Å². The maximum absolute atomic E-state index is 2.45. The smallest absolute Gasteiger partial charge is 0.0162 e. The molecule has 0 aromatic heterocycles. The van der Waals surface area contributed by atoms with Crippen LogP contribution in [0.1, 0.15) is 164 Å². The first kappa shape index (κ1) is 29.4. The molecular weight excluding hydrogens is 456 g/mol. The number of unbranched alkanes of at least 4 members (excludes halogenated alkanes) is 5. The van der Waals surface area contributed by atoms with Crippen LogP contribution in [0.4, 0.5) is 0 Å². The Bertz CT molecular complexity index is 784. The lowest BCUT2D eigenvalue weighted by Gasteiger charge is -2.29. The van der Waals surface area contributed by atoms with E-state index in [2.05, 4.69) is 62.4 Å². The predicted molar refractivity (Wildman–Crippen MR) is 167 cm³/mol. The van der Waals surface area contributed by atoms with E-state index in [1.54, 1.807) is 22.3 Å². The number of aryl methyl sites for hydroxylation is 2. The van der Waals surface area contributed by atoms with E-state index in [4.69, 9.17) is 0 Å². The number of rotatable bonds is 15. The summed E-state index contributed by atoms with van der Waals surface area (Å²) >= 11 is 0. The molecule has 0 atom stereocenters. The van der Waals surface area contributed by atoms with E-state index in [1.807, 2.05) is 0 Å². The Morgan fingerprint density at radius 3 is 1.16 bits per heavy atom. The quantitative estimate of drug-likeness (QED) is 0.207. The summed E-state index contributed by atoms with van der Waals surface area (Å²) in [6.07, 6.45) is 27.9. The van der Waals surface area contributed by atoms with Gasteiger partial charge < -0.3 is 0 Å². The van der Waals surface area contributed by atoms with Gasteiger partial charge in [0.1, 0.15) is 0 Å². The van der Waals surface area contributed by atoms with Crippen LogP contribution in [0.2, 0.25) is 0 Å². The Balaban J connectivity index is 1.06. The van der Waals surface area contributed by atoms with Crippen LogP contribution in [-0.4, -0.2) is 0 Å². The molecule has 0 amide bonds. The van der Waals surface area contributed by atoms with Gasteiger partial charge in [0.15, 0.2) is 0 Å². The standard InChI is InChI=1S/C38H58/c1-3-5-11-31-15-23-35(24-16-31)37-27-19-33(20-28-37)13-9-7-8-10-14-34-21-29-38(30-22-34)36-25-17-32(18-26-36)12-6-4-2/h19-22,27-32,35-36H,3-18,23-26H2,1-2H3. The molecule has 0 spiro atoms. The first-order valence-corrected chi connectivity index (χ1v) is 16.9. The second-order valence-electron chi connectivity index (χ2n) is 13.1. The Labute approximate surface area is 236 Å². The highest BCUT2D eigenvalue weighted by Gasteiger charge is 2.23. The molecule has 0 unspecified atom stereocenters. The minimum atomic E-state index is 0.821.